The number of hydrogen-bond acceptors (Lipinski definition) is 2. The van der Waals surface area contributed by atoms with Gasteiger partial charge in [-0.2, -0.15) is 0 Å². The van der Waals surface area contributed by atoms with Crippen LogP contribution in [0.3, 0.4) is 0 Å². The molecule has 0 spiro atoms. The first-order valence-electron chi connectivity index (χ1n) is 7.32. The first kappa shape index (κ1) is 15.2. The van der Waals surface area contributed by atoms with Crippen LogP contribution in [0.25, 0.3) is 10.9 Å². The van der Waals surface area contributed by atoms with Gasteiger partial charge < -0.3 is 15.4 Å². The van der Waals surface area contributed by atoms with E-state index in [1.807, 2.05) is 25.1 Å². The van der Waals surface area contributed by atoms with Crippen LogP contribution in [-0.4, -0.2) is 16.0 Å². The molecule has 23 heavy (non-hydrogen) atoms. The number of H-pyrrole nitrogens is 1. The molecule has 0 bridgehead atoms. The lowest BCUT2D eigenvalue weighted by atomic mass is 10.1. The summed E-state index contributed by atoms with van der Waals surface area (Å²) in [6.45, 7) is 1.89. The molecule has 0 atom stereocenters. The minimum atomic E-state index is -0.450. The number of amides is 1. The number of carbonyl (C=O) groups is 1. The summed E-state index contributed by atoms with van der Waals surface area (Å²) in [5.41, 5.74) is 3.47. The molecular formula is C18H17FN2O2. The van der Waals surface area contributed by atoms with Crippen LogP contribution < -0.4 is 5.32 Å². The van der Waals surface area contributed by atoms with Gasteiger partial charge in [0.25, 0.3) is 5.91 Å². The molecule has 118 valence electrons. The van der Waals surface area contributed by atoms with E-state index in [9.17, 15) is 9.18 Å². The summed E-state index contributed by atoms with van der Waals surface area (Å²) in [4.78, 5) is 15.3. The highest BCUT2D eigenvalue weighted by Gasteiger charge is 2.10. The van der Waals surface area contributed by atoms with Crippen LogP contribution in [0, 0.1) is 12.7 Å². The molecule has 0 aliphatic carbocycles. The Kier molecular flexibility index (Phi) is 4.12. The standard InChI is InChI=1S/C18H17FN2O2/c1-11-2-4-13-8-17(21-16(13)6-11)18(23)20-9-12-3-5-15(19)14(7-12)10-22/h2-8,21-22H,9-10H2,1H3,(H,20,23). The number of aliphatic hydroxyl groups is 1. The molecule has 5 heteroatoms. The molecule has 0 radical (unpaired) electrons. The maximum Gasteiger partial charge on any atom is 0.267 e. The maximum atomic E-state index is 13.3. The molecule has 3 N–H and O–H groups in total. The minimum absolute atomic E-state index is 0.220. The number of benzene rings is 2. The van der Waals surface area contributed by atoms with E-state index in [1.165, 1.54) is 6.07 Å². The SMILES string of the molecule is Cc1ccc2cc(C(=O)NCc3ccc(F)c(CO)c3)[nH]c2c1. The van der Waals surface area contributed by atoms with Gasteiger partial charge in [-0.3, -0.25) is 4.79 Å². The Hall–Kier alpha value is -2.66. The average Bonchev–Trinajstić information content (AvgIpc) is 2.97. The molecule has 1 aromatic heterocycles. The second-order valence-electron chi connectivity index (χ2n) is 5.54. The Balaban J connectivity index is 1.73. The van der Waals surface area contributed by atoms with E-state index in [4.69, 9.17) is 5.11 Å². The molecule has 3 aromatic rings. The van der Waals surface area contributed by atoms with E-state index >= 15 is 0 Å². The van der Waals surface area contributed by atoms with E-state index in [1.54, 1.807) is 18.2 Å². The highest BCUT2D eigenvalue weighted by Crippen LogP contribution is 2.17. The van der Waals surface area contributed by atoms with Crippen molar-refractivity contribution in [3.8, 4) is 0 Å². The number of nitrogens with one attached hydrogen (secondary N) is 2. The number of hydrogen-bond donors (Lipinski definition) is 3. The zero-order valence-electron chi connectivity index (χ0n) is 12.7. The molecule has 4 nitrogen and oxygen atoms in total. The van der Waals surface area contributed by atoms with Crippen molar-refractivity contribution in [2.45, 2.75) is 20.1 Å². The Morgan fingerprint density at radius 3 is 2.83 bits per heavy atom. The summed E-state index contributed by atoms with van der Waals surface area (Å²) in [6, 6.07) is 12.2. The summed E-state index contributed by atoms with van der Waals surface area (Å²) in [7, 11) is 0. The van der Waals surface area contributed by atoms with Crippen LogP contribution in [0.5, 0.6) is 0 Å². The lowest BCUT2D eigenvalue weighted by Crippen LogP contribution is -2.23. The largest absolute Gasteiger partial charge is 0.392 e. The first-order chi connectivity index (χ1) is 11.1. The summed E-state index contributed by atoms with van der Waals surface area (Å²) in [5.74, 6) is -0.678. The van der Waals surface area contributed by atoms with Gasteiger partial charge in [-0.1, -0.05) is 18.2 Å². The number of aromatic nitrogens is 1. The summed E-state index contributed by atoms with van der Waals surface area (Å²) in [6.07, 6.45) is 0. The molecule has 0 saturated heterocycles. The Bertz CT molecular complexity index is 871. The molecular weight excluding hydrogens is 295 g/mol. The zero-order valence-corrected chi connectivity index (χ0v) is 12.7. The van der Waals surface area contributed by atoms with Gasteiger partial charge in [0.05, 0.1) is 6.61 Å². The lowest BCUT2D eigenvalue weighted by molar-refractivity contribution is 0.0946. The van der Waals surface area contributed by atoms with Crippen LogP contribution in [0.4, 0.5) is 4.39 Å². The quantitative estimate of drug-likeness (QED) is 0.693. The van der Waals surface area contributed by atoms with E-state index in [0.717, 1.165) is 22.0 Å². The van der Waals surface area contributed by atoms with Crippen LogP contribution >= 0.6 is 0 Å². The van der Waals surface area contributed by atoms with Gasteiger partial charge in [0.2, 0.25) is 0 Å². The smallest absolute Gasteiger partial charge is 0.267 e. The van der Waals surface area contributed by atoms with Gasteiger partial charge in [0.1, 0.15) is 11.5 Å². The number of rotatable bonds is 4. The van der Waals surface area contributed by atoms with Crippen LogP contribution in [0.1, 0.15) is 27.2 Å². The molecule has 0 fully saturated rings. The van der Waals surface area contributed by atoms with Crippen LogP contribution in [0.2, 0.25) is 0 Å². The monoisotopic (exact) mass is 312 g/mol. The molecule has 0 aliphatic rings. The van der Waals surface area contributed by atoms with Gasteiger partial charge in [-0.05, 0) is 42.3 Å². The van der Waals surface area contributed by atoms with E-state index < -0.39 is 5.82 Å². The summed E-state index contributed by atoms with van der Waals surface area (Å²) in [5, 5.41) is 12.8. The van der Waals surface area contributed by atoms with Crippen molar-refractivity contribution >= 4 is 16.8 Å². The predicted octanol–water partition coefficient (Wildman–Crippen LogP) is 3.04. The van der Waals surface area contributed by atoms with Crippen molar-refractivity contribution in [3.63, 3.8) is 0 Å². The third-order valence-corrected chi connectivity index (χ3v) is 3.76. The van der Waals surface area contributed by atoms with Crippen molar-refractivity contribution in [2.24, 2.45) is 0 Å². The fourth-order valence-corrected chi connectivity index (χ4v) is 2.50. The molecule has 2 aromatic carbocycles. The molecule has 0 saturated carbocycles. The molecule has 1 heterocycles. The van der Waals surface area contributed by atoms with E-state index in [-0.39, 0.29) is 24.6 Å². The minimum Gasteiger partial charge on any atom is -0.392 e. The average molecular weight is 312 g/mol. The number of halogens is 1. The number of aryl methyl sites for hydroxylation is 1. The van der Waals surface area contributed by atoms with Crippen molar-refractivity contribution in [1.82, 2.24) is 10.3 Å². The fourth-order valence-electron chi connectivity index (χ4n) is 2.50. The summed E-state index contributed by atoms with van der Waals surface area (Å²) >= 11 is 0. The number of aliphatic hydroxyl groups excluding tert-OH is 1. The highest BCUT2D eigenvalue weighted by atomic mass is 19.1. The fraction of sp³-hybridized carbons (Fsp3) is 0.167. The third kappa shape index (κ3) is 3.24. The van der Waals surface area contributed by atoms with Gasteiger partial charge in [-0.15, -0.1) is 0 Å². The van der Waals surface area contributed by atoms with Crippen molar-refractivity contribution < 1.29 is 14.3 Å². The second-order valence-corrected chi connectivity index (χ2v) is 5.54. The Labute approximate surface area is 133 Å². The number of aromatic amines is 1. The van der Waals surface area contributed by atoms with Crippen molar-refractivity contribution in [2.75, 3.05) is 0 Å². The maximum absolute atomic E-state index is 13.3. The van der Waals surface area contributed by atoms with Crippen LogP contribution in [0.15, 0.2) is 42.5 Å². The van der Waals surface area contributed by atoms with Crippen molar-refractivity contribution in [3.05, 3.63) is 70.7 Å². The molecule has 3 rings (SSSR count). The predicted molar refractivity (Wildman–Crippen MR) is 86.5 cm³/mol. The normalized spacial score (nSPS) is 10.9. The van der Waals surface area contributed by atoms with Gasteiger partial charge in [0.15, 0.2) is 0 Å². The Morgan fingerprint density at radius 2 is 2.04 bits per heavy atom. The Morgan fingerprint density at radius 1 is 1.22 bits per heavy atom. The second kappa shape index (κ2) is 6.22. The number of fused-ring (bicyclic) bond motifs is 1. The zero-order chi connectivity index (χ0) is 16.4. The number of carbonyl (C=O) groups excluding carboxylic acids is 1. The topological polar surface area (TPSA) is 65.1 Å². The van der Waals surface area contributed by atoms with Gasteiger partial charge in [-0.25, -0.2) is 4.39 Å². The van der Waals surface area contributed by atoms with Crippen LogP contribution in [-0.2, 0) is 13.2 Å². The third-order valence-electron chi connectivity index (χ3n) is 3.76. The van der Waals surface area contributed by atoms with E-state index in [2.05, 4.69) is 10.3 Å². The van der Waals surface area contributed by atoms with Crippen molar-refractivity contribution in [1.29, 1.82) is 0 Å². The first-order valence-corrected chi connectivity index (χ1v) is 7.32. The molecule has 0 aliphatic heterocycles. The van der Waals surface area contributed by atoms with Gasteiger partial charge >= 0.3 is 0 Å². The van der Waals surface area contributed by atoms with Gasteiger partial charge in [0, 0.05) is 23.0 Å². The van der Waals surface area contributed by atoms with E-state index in [0.29, 0.717) is 5.69 Å². The summed E-state index contributed by atoms with van der Waals surface area (Å²) < 4.78 is 13.3. The molecule has 0 unspecified atom stereocenters. The highest BCUT2D eigenvalue weighted by molar-refractivity contribution is 5.98. The molecule has 1 amide bonds. The lowest BCUT2D eigenvalue weighted by Gasteiger charge is -2.06.